The quantitative estimate of drug-likeness (QED) is 0.860. The van der Waals surface area contributed by atoms with Crippen LogP contribution in [0.15, 0.2) is 18.2 Å². The van der Waals surface area contributed by atoms with E-state index < -0.39 is 0 Å². The lowest BCUT2D eigenvalue weighted by molar-refractivity contribution is -0.116. The van der Waals surface area contributed by atoms with Crippen molar-refractivity contribution >= 4 is 11.6 Å². The van der Waals surface area contributed by atoms with Crippen molar-refractivity contribution in [2.45, 2.75) is 32.2 Å². The zero-order valence-electron chi connectivity index (χ0n) is 11.0. The number of rotatable bonds is 5. The molecule has 1 atom stereocenters. The first kappa shape index (κ1) is 13.8. The first-order chi connectivity index (χ1) is 9.19. The molecule has 1 aliphatic rings. The number of amides is 1. The maximum Gasteiger partial charge on any atom is 0.226 e. The number of hydrogen-bond acceptors (Lipinski definition) is 3. The minimum atomic E-state index is -0.376. The van der Waals surface area contributed by atoms with E-state index in [4.69, 9.17) is 4.74 Å². The smallest absolute Gasteiger partial charge is 0.226 e. The van der Waals surface area contributed by atoms with Gasteiger partial charge in [-0.15, -0.1) is 0 Å². The Labute approximate surface area is 112 Å². The van der Waals surface area contributed by atoms with E-state index in [1.54, 1.807) is 0 Å². The van der Waals surface area contributed by atoms with Crippen molar-refractivity contribution in [1.29, 1.82) is 0 Å². The number of carbonyl (C=O) groups is 1. The number of halogens is 1. The van der Waals surface area contributed by atoms with Crippen molar-refractivity contribution in [2.24, 2.45) is 0 Å². The van der Waals surface area contributed by atoms with Gasteiger partial charge >= 0.3 is 0 Å². The minimum Gasteiger partial charge on any atom is -0.492 e. The summed E-state index contributed by atoms with van der Waals surface area (Å²) in [5.41, 5.74) is 0.520. The summed E-state index contributed by atoms with van der Waals surface area (Å²) >= 11 is 0. The Hall–Kier alpha value is -1.62. The number of benzene rings is 1. The molecule has 0 saturated carbocycles. The summed E-state index contributed by atoms with van der Waals surface area (Å²) in [5, 5.41) is 6.05. The average Bonchev–Trinajstić information content (AvgIpc) is 2.86. The second-order valence-corrected chi connectivity index (χ2v) is 4.62. The van der Waals surface area contributed by atoms with Crippen LogP contribution in [0.4, 0.5) is 10.1 Å². The van der Waals surface area contributed by atoms with Crippen LogP contribution in [0.5, 0.6) is 5.75 Å². The molecule has 1 aliphatic heterocycles. The fraction of sp³-hybridized carbons (Fsp3) is 0.500. The molecule has 1 saturated heterocycles. The van der Waals surface area contributed by atoms with Crippen molar-refractivity contribution < 1.29 is 13.9 Å². The SMILES string of the molecule is CCOc1cc(F)ccc1NC(=O)CC1CCCN1. The van der Waals surface area contributed by atoms with Crippen LogP contribution in [-0.4, -0.2) is 25.1 Å². The maximum absolute atomic E-state index is 13.1. The van der Waals surface area contributed by atoms with Gasteiger partial charge in [0.2, 0.25) is 5.91 Å². The lowest BCUT2D eigenvalue weighted by Gasteiger charge is -2.13. The van der Waals surface area contributed by atoms with E-state index in [1.165, 1.54) is 18.2 Å². The van der Waals surface area contributed by atoms with Crippen molar-refractivity contribution in [3.63, 3.8) is 0 Å². The van der Waals surface area contributed by atoms with Gasteiger partial charge < -0.3 is 15.4 Å². The van der Waals surface area contributed by atoms with Gasteiger partial charge in [-0.25, -0.2) is 4.39 Å². The van der Waals surface area contributed by atoms with Gasteiger partial charge in [0.05, 0.1) is 12.3 Å². The van der Waals surface area contributed by atoms with Crippen LogP contribution in [0.1, 0.15) is 26.2 Å². The molecule has 0 aromatic heterocycles. The number of ether oxygens (including phenoxy) is 1. The topological polar surface area (TPSA) is 50.4 Å². The van der Waals surface area contributed by atoms with Gasteiger partial charge in [0, 0.05) is 18.5 Å². The number of nitrogens with one attached hydrogen (secondary N) is 2. The Balaban J connectivity index is 1.98. The molecule has 1 aromatic rings. The molecular weight excluding hydrogens is 247 g/mol. The van der Waals surface area contributed by atoms with E-state index in [9.17, 15) is 9.18 Å². The number of carbonyl (C=O) groups excluding carboxylic acids is 1. The highest BCUT2D eigenvalue weighted by atomic mass is 19.1. The van der Waals surface area contributed by atoms with Gasteiger partial charge in [0.1, 0.15) is 11.6 Å². The first-order valence-corrected chi connectivity index (χ1v) is 6.64. The van der Waals surface area contributed by atoms with Crippen LogP contribution in [-0.2, 0) is 4.79 Å². The molecule has 1 amide bonds. The predicted molar refractivity (Wildman–Crippen MR) is 71.8 cm³/mol. The third-order valence-electron chi connectivity index (χ3n) is 3.11. The van der Waals surface area contributed by atoms with Gasteiger partial charge in [0.25, 0.3) is 0 Å². The molecule has 1 aromatic carbocycles. The normalized spacial score (nSPS) is 18.3. The zero-order valence-corrected chi connectivity index (χ0v) is 11.0. The molecule has 19 heavy (non-hydrogen) atoms. The van der Waals surface area contributed by atoms with Crippen LogP contribution in [0.2, 0.25) is 0 Å². The van der Waals surface area contributed by atoms with Crippen LogP contribution in [0.25, 0.3) is 0 Å². The highest BCUT2D eigenvalue weighted by Gasteiger charge is 2.18. The predicted octanol–water partition coefficient (Wildman–Crippen LogP) is 2.30. The highest BCUT2D eigenvalue weighted by molar-refractivity contribution is 5.92. The second-order valence-electron chi connectivity index (χ2n) is 4.62. The number of hydrogen-bond donors (Lipinski definition) is 2. The summed E-state index contributed by atoms with van der Waals surface area (Å²) in [5.74, 6) is -0.0823. The molecule has 1 heterocycles. The largest absolute Gasteiger partial charge is 0.492 e. The van der Waals surface area contributed by atoms with E-state index in [-0.39, 0.29) is 17.8 Å². The van der Waals surface area contributed by atoms with E-state index in [2.05, 4.69) is 10.6 Å². The minimum absolute atomic E-state index is 0.0769. The van der Waals surface area contributed by atoms with Gasteiger partial charge in [0.15, 0.2) is 0 Å². The first-order valence-electron chi connectivity index (χ1n) is 6.64. The molecule has 1 unspecified atom stereocenters. The van der Waals surface area contributed by atoms with Gasteiger partial charge in [-0.3, -0.25) is 4.79 Å². The van der Waals surface area contributed by atoms with E-state index in [1.807, 2.05) is 6.92 Å². The fourth-order valence-corrected chi connectivity index (χ4v) is 2.23. The number of anilines is 1. The maximum atomic E-state index is 13.1. The third-order valence-corrected chi connectivity index (χ3v) is 3.11. The van der Waals surface area contributed by atoms with Crippen LogP contribution >= 0.6 is 0 Å². The summed E-state index contributed by atoms with van der Waals surface area (Å²) in [6, 6.07) is 4.37. The monoisotopic (exact) mass is 266 g/mol. The van der Waals surface area contributed by atoms with Gasteiger partial charge in [-0.2, -0.15) is 0 Å². The highest BCUT2D eigenvalue weighted by Crippen LogP contribution is 2.25. The Kier molecular flexibility index (Phi) is 4.74. The molecule has 0 spiro atoms. The third kappa shape index (κ3) is 3.92. The van der Waals surface area contributed by atoms with Crippen LogP contribution in [0.3, 0.4) is 0 Å². The summed E-state index contributed by atoms with van der Waals surface area (Å²) in [7, 11) is 0. The molecule has 104 valence electrons. The molecule has 2 rings (SSSR count). The average molecular weight is 266 g/mol. The van der Waals surface area contributed by atoms with Crippen molar-refractivity contribution in [3.8, 4) is 5.75 Å². The molecule has 1 fully saturated rings. The molecule has 0 aliphatic carbocycles. The summed E-state index contributed by atoms with van der Waals surface area (Å²) in [4.78, 5) is 11.9. The van der Waals surface area contributed by atoms with Crippen molar-refractivity contribution in [1.82, 2.24) is 5.32 Å². The summed E-state index contributed by atoms with van der Waals surface area (Å²) < 4.78 is 18.5. The molecule has 0 radical (unpaired) electrons. The fourth-order valence-electron chi connectivity index (χ4n) is 2.23. The van der Waals surface area contributed by atoms with Crippen molar-refractivity contribution in [2.75, 3.05) is 18.5 Å². The van der Waals surface area contributed by atoms with E-state index >= 15 is 0 Å². The Morgan fingerprint density at radius 1 is 1.58 bits per heavy atom. The summed E-state index contributed by atoms with van der Waals surface area (Å²) in [6.45, 7) is 3.22. The summed E-state index contributed by atoms with van der Waals surface area (Å²) in [6.07, 6.45) is 2.57. The van der Waals surface area contributed by atoms with Gasteiger partial charge in [-0.1, -0.05) is 0 Å². The molecule has 5 heteroatoms. The van der Waals surface area contributed by atoms with Crippen LogP contribution in [0, 0.1) is 5.82 Å². The molecular formula is C14H19FN2O2. The molecule has 2 N–H and O–H groups in total. The molecule has 0 bridgehead atoms. The van der Waals surface area contributed by atoms with E-state index in [0.717, 1.165) is 19.4 Å². The standard InChI is InChI=1S/C14H19FN2O2/c1-2-19-13-8-10(15)5-6-12(13)17-14(18)9-11-4-3-7-16-11/h5-6,8,11,16H,2-4,7,9H2,1H3,(H,17,18). The Bertz CT molecular complexity index is 445. The Morgan fingerprint density at radius 2 is 2.42 bits per heavy atom. The lowest BCUT2D eigenvalue weighted by atomic mass is 10.1. The van der Waals surface area contributed by atoms with Crippen LogP contribution < -0.4 is 15.4 Å². The van der Waals surface area contributed by atoms with Gasteiger partial charge in [-0.05, 0) is 38.4 Å². The van der Waals surface area contributed by atoms with E-state index in [0.29, 0.717) is 24.5 Å². The lowest BCUT2D eigenvalue weighted by Crippen LogP contribution is -2.27. The zero-order chi connectivity index (χ0) is 13.7. The van der Waals surface area contributed by atoms with Crippen molar-refractivity contribution in [3.05, 3.63) is 24.0 Å². The molecule has 4 nitrogen and oxygen atoms in total. The second kappa shape index (κ2) is 6.52. The Morgan fingerprint density at radius 3 is 3.11 bits per heavy atom.